The molecule has 1 fully saturated rings. The third kappa shape index (κ3) is 6.09. The maximum Gasteiger partial charge on any atom is 0.397 e. The molecule has 0 aromatic carbocycles. The van der Waals surface area contributed by atoms with E-state index in [4.69, 9.17) is 13.8 Å². The SMILES string of the molecule is CC1OC(COS(=O)(=O)O)C[C@@H](O)C1NS(=O)(=O)O. The molecule has 0 radical (unpaired) electrons. The van der Waals surface area contributed by atoms with Gasteiger partial charge in [-0.05, 0) is 6.92 Å². The van der Waals surface area contributed by atoms with Crippen molar-refractivity contribution in [2.75, 3.05) is 6.61 Å². The number of hydrogen-bond acceptors (Lipinski definition) is 7. The summed E-state index contributed by atoms with van der Waals surface area (Å²) < 4.78 is 70.2. The lowest BCUT2D eigenvalue weighted by atomic mass is 9.97. The standard InChI is InChI=1S/C7H15NO9S2/c1-4-7(8-18(10,11)12)6(9)2-5(17-4)3-16-19(13,14)15/h4-9H,2-3H2,1H3,(H,10,11,12)(H,13,14,15)/t4?,5?,6-,7?/m1/s1. The molecule has 0 aromatic rings. The number of ether oxygens (including phenoxy) is 1. The summed E-state index contributed by atoms with van der Waals surface area (Å²) in [6.45, 7) is 0.907. The largest absolute Gasteiger partial charge is 0.397 e. The van der Waals surface area contributed by atoms with Crippen molar-refractivity contribution >= 4 is 20.7 Å². The van der Waals surface area contributed by atoms with Crippen molar-refractivity contribution in [3.05, 3.63) is 0 Å². The minimum absolute atomic E-state index is 0.132. The Labute approximate surface area is 110 Å². The summed E-state index contributed by atoms with van der Waals surface area (Å²) in [7, 11) is -9.11. The third-order valence-electron chi connectivity index (χ3n) is 2.52. The Morgan fingerprint density at radius 1 is 1.32 bits per heavy atom. The van der Waals surface area contributed by atoms with E-state index < -0.39 is 51.7 Å². The van der Waals surface area contributed by atoms with Crippen LogP contribution in [0.5, 0.6) is 0 Å². The van der Waals surface area contributed by atoms with Crippen LogP contribution in [0, 0.1) is 0 Å². The first-order valence-electron chi connectivity index (χ1n) is 5.18. The molecule has 1 aliphatic rings. The summed E-state index contributed by atoms with van der Waals surface area (Å²) in [6, 6.07) is -1.07. The average molecular weight is 321 g/mol. The molecule has 4 N–H and O–H groups in total. The van der Waals surface area contributed by atoms with Gasteiger partial charge in [0.05, 0.1) is 31.0 Å². The van der Waals surface area contributed by atoms with Gasteiger partial charge in [0.1, 0.15) is 0 Å². The van der Waals surface area contributed by atoms with Gasteiger partial charge in [0.2, 0.25) is 0 Å². The molecule has 0 aromatic heterocycles. The second-order valence-corrected chi connectivity index (χ2v) is 6.37. The minimum atomic E-state index is -4.61. The smallest absolute Gasteiger partial charge is 0.391 e. The van der Waals surface area contributed by atoms with E-state index in [1.54, 1.807) is 4.72 Å². The van der Waals surface area contributed by atoms with Crippen LogP contribution in [0.3, 0.4) is 0 Å². The van der Waals surface area contributed by atoms with Crippen LogP contribution in [0.2, 0.25) is 0 Å². The lowest BCUT2D eigenvalue weighted by Gasteiger charge is -2.37. The van der Waals surface area contributed by atoms with E-state index in [9.17, 15) is 21.9 Å². The molecule has 3 unspecified atom stereocenters. The maximum absolute atomic E-state index is 10.7. The minimum Gasteiger partial charge on any atom is -0.391 e. The average Bonchev–Trinajstić information content (AvgIpc) is 2.18. The maximum atomic E-state index is 10.7. The van der Waals surface area contributed by atoms with Gasteiger partial charge in [0.25, 0.3) is 0 Å². The molecule has 0 amide bonds. The molecule has 0 saturated carbocycles. The summed E-state index contributed by atoms with van der Waals surface area (Å²) >= 11 is 0. The van der Waals surface area contributed by atoms with Crippen LogP contribution in [0.4, 0.5) is 0 Å². The summed E-state index contributed by atoms with van der Waals surface area (Å²) in [4.78, 5) is 0. The highest BCUT2D eigenvalue weighted by molar-refractivity contribution is 7.83. The zero-order valence-corrected chi connectivity index (χ0v) is 11.5. The van der Waals surface area contributed by atoms with Crippen LogP contribution in [0.1, 0.15) is 13.3 Å². The molecule has 0 spiro atoms. The number of aliphatic hydroxyl groups is 1. The van der Waals surface area contributed by atoms with Crippen LogP contribution >= 0.6 is 0 Å². The number of hydrogen-bond donors (Lipinski definition) is 4. The molecular weight excluding hydrogens is 306 g/mol. The number of rotatable bonds is 5. The third-order valence-corrected chi connectivity index (χ3v) is 3.52. The van der Waals surface area contributed by atoms with Gasteiger partial charge in [0, 0.05) is 6.42 Å². The van der Waals surface area contributed by atoms with E-state index in [2.05, 4.69) is 4.18 Å². The Morgan fingerprint density at radius 3 is 2.32 bits per heavy atom. The zero-order chi connectivity index (χ0) is 14.8. The van der Waals surface area contributed by atoms with Gasteiger partial charge in [-0.15, -0.1) is 0 Å². The molecule has 10 nitrogen and oxygen atoms in total. The molecule has 0 bridgehead atoms. The van der Waals surface area contributed by atoms with Crippen molar-refractivity contribution in [1.82, 2.24) is 4.72 Å². The van der Waals surface area contributed by atoms with Crippen molar-refractivity contribution in [1.29, 1.82) is 0 Å². The molecule has 1 saturated heterocycles. The fraction of sp³-hybridized carbons (Fsp3) is 1.00. The summed E-state index contributed by atoms with van der Waals surface area (Å²) in [5.74, 6) is 0. The van der Waals surface area contributed by atoms with E-state index in [1.165, 1.54) is 6.92 Å². The van der Waals surface area contributed by atoms with Gasteiger partial charge >= 0.3 is 20.7 Å². The van der Waals surface area contributed by atoms with Crippen molar-refractivity contribution in [2.45, 2.75) is 37.7 Å². The van der Waals surface area contributed by atoms with Gasteiger partial charge in [-0.1, -0.05) is 0 Å². The number of aliphatic hydroxyl groups excluding tert-OH is 1. The van der Waals surface area contributed by atoms with Crippen molar-refractivity contribution in [3.63, 3.8) is 0 Å². The Kier molecular flexibility index (Phi) is 5.25. The second kappa shape index (κ2) is 5.97. The highest BCUT2D eigenvalue weighted by Gasteiger charge is 2.37. The zero-order valence-electron chi connectivity index (χ0n) is 9.83. The Morgan fingerprint density at radius 2 is 1.89 bits per heavy atom. The quantitative estimate of drug-likeness (QED) is 0.424. The van der Waals surface area contributed by atoms with Crippen LogP contribution in [0.15, 0.2) is 0 Å². The Bertz CT molecular complexity index is 489. The van der Waals surface area contributed by atoms with Gasteiger partial charge in [-0.3, -0.25) is 9.11 Å². The molecule has 114 valence electrons. The fourth-order valence-electron chi connectivity index (χ4n) is 1.79. The molecule has 19 heavy (non-hydrogen) atoms. The number of nitrogens with one attached hydrogen (secondary N) is 1. The predicted octanol–water partition coefficient (Wildman–Crippen LogP) is -1.89. The molecular formula is C7H15NO9S2. The topological polar surface area (TPSA) is 159 Å². The summed E-state index contributed by atoms with van der Waals surface area (Å²) in [5.41, 5.74) is 0. The highest BCUT2D eigenvalue weighted by atomic mass is 32.3. The lowest BCUT2D eigenvalue weighted by Crippen LogP contribution is -2.56. The molecule has 12 heteroatoms. The molecule has 1 aliphatic heterocycles. The van der Waals surface area contributed by atoms with Gasteiger partial charge < -0.3 is 9.84 Å². The van der Waals surface area contributed by atoms with E-state index in [-0.39, 0.29) is 6.42 Å². The summed E-state index contributed by atoms with van der Waals surface area (Å²) in [5, 5.41) is 9.72. The van der Waals surface area contributed by atoms with E-state index >= 15 is 0 Å². The Balaban J connectivity index is 2.61. The predicted molar refractivity (Wildman–Crippen MR) is 60.9 cm³/mol. The first kappa shape index (κ1) is 16.7. The highest BCUT2D eigenvalue weighted by Crippen LogP contribution is 2.21. The van der Waals surface area contributed by atoms with Crippen LogP contribution in [0.25, 0.3) is 0 Å². The molecule has 1 heterocycles. The molecule has 0 aliphatic carbocycles. The van der Waals surface area contributed by atoms with Gasteiger partial charge in [-0.25, -0.2) is 4.18 Å². The molecule has 1 rings (SSSR count). The van der Waals surface area contributed by atoms with Gasteiger partial charge in [-0.2, -0.15) is 21.6 Å². The molecule has 4 atom stereocenters. The van der Waals surface area contributed by atoms with E-state index in [1.807, 2.05) is 0 Å². The second-order valence-electron chi connectivity index (χ2n) is 4.10. The van der Waals surface area contributed by atoms with Crippen molar-refractivity contribution in [3.8, 4) is 0 Å². The first-order chi connectivity index (χ1) is 8.48. The lowest BCUT2D eigenvalue weighted by molar-refractivity contribution is -0.117. The monoisotopic (exact) mass is 321 g/mol. The normalized spacial score (nSPS) is 33.3. The van der Waals surface area contributed by atoms with E-state index in [0.717, 1.165) is 0 Å². The van der Waals surface area contributed by atoms with Crippen molar-refractivity contribution in [2.24, 2.45) is 0 Å². The Hall–Kier alpha value is -0.340. The van der Waals surface area contributed by atoms with Gasteiger partial charge in [0.15, 0.2) is 0 Å². The van der Waals surface area contributed by atoms with E-state index in [0.29, 0.717) is 0 Å². The van der Waals surface area contributed by atoms with Crippen LogP contribution in [-0.4, -0.2) is 62.0 Å². The fourth-order valence-corrected chi connectivity index (χ4v) is 2.80. The summed E-state index contributed by atoms with van der Waals surface area (Å²) in [6.07, 6.45) is -3.01. The van der Waals surface area contributed by atoms with Crippen LogP contribution < -0.4 is 4.72 Å². The van der Waals surface area contributed by atoms with Crippen LogP contribution in [-0.2, 0) is 29.6 Å². The first-order valence-corrected chi connectivity index (χ1v) is 7.98. The van der Waals surface area contributed by atoms with Crippen molar-refractivity contribution < 1.29 is 40.0 Å².